The molecule has 0 unspecified atom stereocenters. The lowest BCUT2D eigenvalue weighted by Crippen LogP contribution is -2.16. The predicted octanol–water partition coefficient (Wildman–Crippen LogP) is 5.65. The highest BCUT2D eigenvalue weighted by molar-refractivity contribution is 7.86. The molecule has 0 radical (unpaired) electrons. The number of hydrogen-bond donors (Lipinski definition) is 0. The van der Waals surface area contributed by atoms with E-state index >= 15 is 0 Å². The first-order chi connectivity index (χ1) is 15.1. The minimum Gasteiger partial charge on any atom is -0.485 e. The van der Waals surface area contributed by atoms with Crippen molar-refractivity contribution in [2.45, 2.75) is 31.0 Å². The van der Waals surface area contributed by atoms with Crippen LogP contribution in [0.25, 0.3) is 0 Å². The van der Waals surface area contributed by atoms with E-state index in [0.717, 1.165) is 11.6 Å². The van der Waals surface area contributed by atoms with Crippen molar-refractivity contribution >= 4 is 10.1 Å². The van der Waals surface area contributed by atoms with E-state index in [1.165, 1.54) is 18.2 Å². The molecule has 0 fully saturated rings. The lowest BCUT2D eigenvalue weighted by molar-refractivity contribution is -0.138. The monoisotopic (exact) mass is 464 g/mol. The number of fused-ring (bicyclic) bond motifs is 2. The second kappa shape index (κ2) is 8.48. The highest BCUT2D eigenvalue weighted by Crippen LogP contribution is 2.42. The molecule has 5 nitrogen and oxygen atoms in total. The molecular weight excluding hydrogens is 445 g/mol. The van der Waals surface area contributed by atoms with Crippen molar-refractivity contribution < 1.29 is 35.2 Å². The zero-order valence-electron chi connectivity index (χ0n) is 17.0. The van der Waals surface area contributed by atoms with Crippen LogP contribution < -0.4 is 9.47 Å². The van der Waals surface area contributed by atoms with E-state index in [1.807, 2.05) is 0 Å². The molecule has 1 aliphatic rings. The molecule has 0 aromatic heterocycles. The average molecular weight is 464 g/mol. The third-order valence-corrected chi connectivity index (χ3v) is 6.36. The highest BCUT2D eigenvalue weighted by atomic mass is 32.2. The van der Waals surface area contributed by atoms with Crippen LogP contribution in [0.15, 0.2) is 65.6 Å². The molecule has 0 bridgehead atoms. The van der Waals surface area contributed by atoms with E-state index in [-0.39, 0.29) is 34.8 Å². The van der Waals surface area contributed by atoms with Crippen molar-refractivity contribution in [3.63, 3.8) is 0 Å². The molecule has 0 amide bonds. The van der Waals surface area contributed by atoms with Gasteiger partial charge in [0, 0.05) is 5.56 Å². The van der Waals surface area contributed by atoms with Crippen LogP contribution in [0.1, 0.15) is 22.3 Å². The number of aryl methyl sites for hydroxylation is 1. The summed E-state index contributed by atoms with van der Waals surface area (Å²) < 4.78 is 82.4. The van der Waals surface area contributed by atoms with Crippen molar-refractivity contribution in [3.8, 4) is 17.2 Å². The van der Waals surface area contributed by atoms with Gasteiger partial charge in [-0.1, -0.05) is 29.8 Å². The van der Waals surface area contributed by atoms with Crippen LogP contribution in [-0.2, 0) is 33.5 Å². The Kier molecular flexibility index (Phi) is 5.87. The van der Waals surface area contributed by atoms with E-state index in [2.05, 4.69) is 0 Å². The second-order valence-electron chi connectivity index (χ2n) is 7.24. The van der Waals surface area contributed by atoms with Crippen LogP contribution in [0.2, 0.25) is 0 Å². The van der Waals surface area contributed by atoms with E-state index in [1.54, 1.807) is 43.3 Å². The second-order valence-corrected chi connectivity index (χ2v) is 8.86. The first-order valence-corrected chi connectivity index (χ1v) is 11.1. The molecule has 3 aromatic carbocycles. The van der Waals surface area contributed by atoms with Crippen molar-refractivity contribution in [2.24, 2.45) is 0 Å². The Morgan fingerprint density at radius 1 is 0.938 bits per heavy atom. The zero-order chi connectivity index (χ0) is 22.9. The molecular formula is C23H19F3O5S. The number of para-hydroxylation sites is 2. The number of hydrogen-bond acceptors (Lipinski definition) is 5. The van der Waals surface area contributed by atoms with Crippen LogP contribution in [0.3, 0.4) is 0 Å². The van der Waals surface area contributed by atoms with Gasteiger partial charge >= 0.3 is 6.18 Å². The molecule has 3 aromatic rings. The summed E-state index contributed by atoms with van der Waals surface area (Å²) in [5.41, 5.74) is 0.0618. The fourth-order valence-electron chi connectivity index (χ4n) is 3.43. The molecule has 9 heteroatoms. The normalized spacial score (nSPS) is 13.4. The van der Waals surface area contributed by atoms with Crippen LogP contribution in [-0.4, -0.2) is 15.0 Å². The van der Waals surface area contributed by atoms with E-state index in [4.69, 9.17) is 13.7 Å². The summed E-state index contributed by atoms with van der Waals surface area (Å²) in [5.74, 6) is 1.01. The molecule has 1 heterocycles. The van der Waals surface area contributed by atoms with Gasteiger partial charge in [0.25, 0.3) is 10.1 Å². The Morgan fingerprint density at radius 3 is 2.31 bits per heavy atom. The van der Waals surface area contributed by atoms with Gasteiger partial charge in [0.05, 0.1) is 17.1 Å². The fraction of sp³-hybridized carbons (Fsp3) is 0.217. The predicted molar refractivity (Wildman–Crippen MR) is 110 cm³/mol. The number of alkyl halides is 3. The largest absolute Gasteiger partial charge is 0.485 e. The highest BCUT2D eigenvalue weighted by Gasteiger charge is 2.36. The third-order valence-electron chi connectivity index (χ3n) is 5.03. The zero-order valence-corrected chi connectivity index (χ0v) is 17.8. The summed E-state index contributed by atoms with van der Waals surface area (Å²) in [6.45, 7) is 1.18. The SMILES string of the molecule is Cc1ccc(S(=O)(=O)OCCc2c(C(F)(F)F)ccc3c2COc2ccccc2O3)cc1. The molecule has 32 heavy (non-hydrogen) atoms. The number of benzene rings is 3. The topological polar surface area (TPSA) is 61.8 Å². The first kappa shape index (κ1) is 22.2. The molecule has 0 spiro atoms. The number of halogens is 3. The summed E-state index contributed by atoms with van der Waals surface area (Å²) in [6, 6.07) is 14.9. The molecule has 0 atom stereocenters. The molecule has 168 valence electrons. The van der Waals surface area contributed by atoms with Crippen LogP contribution >= 0.6 is 0 Å². The quantitative estimate of drug-likeness (QED) is 0.457. The maximum absolute atomic E-state index is 13.7. The minimum absolute atomic E-state index is 0.0619. The lowest BCUT2D eigenvalue weighted by atomic mass is 9.97. The van der Waals surface area contributed by atoms with Gasteiger partial charge in [0.2, 0.25) is 0 Å². The summed E-state index contributed by atoms with van der Waals surface area (Å²) in [5, 5.41) is 0. The standard InChI is InChI=1S/C23H19F3O5S/c1-15-6-8-16(9-7-15)32(27,28)30-13-12-17-18-14-29-21-4-2-3-5-22(21)31-20(18)11-10-19(17)23(24,25)26/h2-11H,12-14H2,1H3. The van der Waals surface area contributed by atoms with E-state index in [0.29, 0.717) is 11.5 Å². The van der Waals surface area contributed by atoms with Crippen molar-refractivity contribution in [1.29, 1.82) is 0 Å². The molecule has 0 saturated carbocycles. The minimum atomic E-state index is -4.64. The van der Waals surface area contributed by atoms with Gasteiger partial charge in [-0.2, -0.15) is 21.6 Å². The van der Waals surface area contributed by atoms with Crippen molar-refractivity contribution in [2.75, 3.05) is 6.61 Å². The summed E-state index contributed by atoms with van der Waals surface area (Å²) in [4.78, 5) is -0.0619. The van der Waals surface area contributed by atoms with Crippen molar-refractivity contribution in [3.05, 3.63) is 82.9 Å². The first-order valence-electron chi connectivity index (χ1n) is 9.73. The van der Waals surface area contributed by atoms with Gasteiger partial charge < -0.3 is 9.47 Å². The summed E-state index contributed by atoms with van der Waals surface area (Å²) in [6.07, 6.45) is -4.94. The van der Waals surface area contributed by atoms with E-state index < -0.39 is 28.5 Å². The van der Waals surface area contributed by atoms with Crippen molar-refractivity contribution in [1.82, 2.24) is 0 Å². The molecule has 0 saturated heterocycles. The average Bonchev–Trinajstić information content (AvgIpc) is 2.92. The molecule has 4 rings (SSSR count). The van der Waals surface area contributed by atoms with Crippen LogP contribution in [0.4, 0.5) is 13.2 Å². The fourth-order valence-corrected chi connectivity index (χ4v) is 4.33. The van der Waals surface area contributed by atoms with E-state index in [9.17, 15) is 21.6 Å². The van der Waals surface area contributed by atoms with Crippen LogP contribution in [0, 0.1) is 6.92 Å². The Balaban J connectivity index is 1.62. The van der Waals surface area contributed by atoms with Gasteiger partial charge in [-0.05, 0) is 55.3 Å². The van der Waals surface area contributed by atoms with Gasteiger partial charge in [-0.25, -0.2) is 0 Å². The maximum Gasteiger partial charge on any atom is 0.416 e. The Hall–Kier alpha value is -3.04. The Bertz CT molecular complexity index is 1240. The van der Waals surface area contributed by atoms with Gasteiger partial charge in [-0.3, -0.25) is 4.18 Å². The Labute approximate surface area is 183 Å². The van der Waals surface area contributed by atoms with Crippen LogP contribution in [0.5, 0.6) is 17.2 Å². The lowest BCUT2D eigenvalue weighted by Gasteiger charge is -2.18. The maximum atomic E-state index is 13.7. The third kappa shape index (κ3) is 4.58. The summed E-state index contributed by atoms with van der Waals surface area (Å²) >= 11 is 0. The molecule has 0 aliphatic carbocycles. The Morgan fingerprint density at radius 2 is 1.62 bits per heavy atom. The smallest absolute Gasteiger partial charge is 0.416 e. The number of ether oxygens (including phenoxy) is 2. The van der Waals surface area contributed by atoms with Gasteiger partial charge in [-0.15, -0.1) is 0 Å². The van der Waals surface area contributed by atoms with Gasteiger partial charge in [0.1, 0.15) is 12.4 Å². The molecule has 1 aliphatic heterocycles. The van der Waals surface area contributed by atoms with Gasteiger partial charge in [0.15, 0.2) is 11.5 Å². The summed E-state index contributed by atoms with van der Waals surface area (Å²) in [7, 11) is -4.11. The molecule has 0 N–H and O–H groups in total. The number of rotatable bonds is 5.